The van der Waals surface area contributed by atoms with Gasteiger partial charge in [-0.25, -0.2) is 0 Å². The number of allylic oxidation sites excluding steroid dienone is 2. The van der Waals surface area contributed by atoms with Gasteiger partial charge in [0.05, 0.1) is 17.4 Å². The van der Waals surface area contributed by atoms with Gasteiger partial charge in [-0.3, -0.25) is 14.4 Å². The fourth-order valence-electron chi connectivity index (χ4n) is 3.04. The normalized spacial score (nSPS) is 20.8. The lowest BCUT2D eigenvalue weighted by atomic mass is 9.76. The van der Waals surface area contributed by atoms with Gasteiger partial charge in [0.1, 0.15) is 5.00 Å². The zero-order valence-corrected chi connectivity index (χ0v) is 15.0. The zero-order chi connectivity index (χ0) is 18.2. The smallest absolute Gasteiger partial charge is 0.307 e. The number of carboxylic acids is 1. The van der Waals surface area contributed by atoms with E-state index in [4.69, 9.17) is 5.73 Å². The fraction of sp³-hybridized carbons (Fsp3) is 0.471. The Balaban J connectivity index is 2.31. The maximum Gasteiger partial charge on any atom is 0.307 e. The molecule has 1 aromatic rings. The van der Waals surface area contributed by atoms with Crippen molar-refractivity contribution in [3.63, 3.8) is 0 Å². The summed E-state index contributed by atoms with van der Waals surface area (Å²) in [5, 5.41) is 12.6. The van der Waals surface area contributed by atoms with Gasteiger partial charge < -0.3 is 16.2 Å². The summed E-state index contributed by atoms with van der Waals surface area (Å²) in [6.45, 7) is 7.44. The van der Waals surface area contributed by atoms with E-state index in [1.807, 2.05) is 20.8 Å². The Hall–Kier alpha value is -2.15. The van der Waals surface area contributed by atoms with Crippen LogP contribution in [-0.2, 0) is 9.59 Å². The predicted molar refractivity (Wildman–Crippen MR) is 93.2 cm³/mol. The maximum atomic E-state index is 12.7. The number of carbonyl (C=O) groups is 3. The van der Waals surface area contributed by atoms with Crippen molar-refractivity contribution in [2.45, 2.75) is 40.5 Å². The Labute approximate surface area is 144 Å². The third kappa shape index (κ3) is 3.36. The molecule has 0 fully saturated rings. The second-order valence-corrected chi connectivity index (χ2v) is 7.59. The van der Waals surface area contributed by atoms with E-state index in [9.17, 15) is 19.5 Å². The first kappa shape index (κ1) is 18.2. The van der Waals surface area contributed by atoms with Crippen molar-refractivity contribution in [1.29, 1.82) is 0 Å². The van der Waals surface area contributed by atoms with Gasteiger partial charge in [0.25, 0.3) is 5.91 Å². The summed E-state index contributed by atoms with van der Waals surface area (Å²) in [4.78, 5) is 36.8. The number of aryl methyl sites for hydroxylation is 1. The lowest BCUT2D eigenvalue weighted by molar-refractivity contribution is -0.146. The van der Waals surface area contributed by atoms with Crippen LogP contribution in [0.1, 0.15) is 47.5 Å². The standard InChI is InChI=1S/C17H22N2O4S/c1-7-5-11(12(17(22)23)6-8(7)2)15(21)19-16-13(14(18)20)9(3)10(4)24-16/h11-12H,5-6H2,1-4H3,(H2,18,20)(H,19,21)(H,22,23)/t11-,12-/m0/s1. The molecule has 0 unspecified atom stereocenters. The minimum atomic E-state index is -0.976. The van der Waals surface area contributed by atoms with Crippen molar-refractivity contribution >= 4 is 34.1 Å². The SMILES string of the molecule is CC1=C(C)C[C@H](C(=O)Nc2sc(C)c(C)c2C(N)=O)[C@@H](C(=O)O)C1. The molecule has 1 aromatic heterocycles. The van der Waals surface area contributed by atoms with E-state index in [0.717, 1.165) is 21.6 Å². The molecule has 0 aromatic carbocycles. The molecule has 0 radical (unpaired) electrons. The summed E-state index contributed by atoms with van der Waals surface area (Å²) in [7, 11) is 0. The van der Waals surface area contributed by atoms with Crippen molar-refractivity contribution in [2.24, 2.45) is 17.6 Å². The van der Waals surface area contributed by atoms with Crippen molar-refractivity contribution in [2.75, 3.05) is 5.32 Å². The number of nitrogens with one attached hydrogen (secondary N) is 1. The molecular formula is C17H22N2O4S. The molecule has 0 saturated carbocycles. The van der Waals surface area contributed by atoms with Gasteiger partial charge >= 0.3 is 5.97 Å². The minimum absolute atomic E-state index is 0.303. The van der Waals surface area contributed by atoms with Crippen LogP contribution >= 0.6 is 11.3 Å². The second-order valence-electron chi connectivity index (χ2n) is 6.36. The number of aliphatic carboxylic acids is 1. The third-order valence-electron chi connectivity index (χ3n) is 4.79. The van der Waals surface area contributed by atoms with Crippen LogP contribution < -0.4 is 11.1 Å². The van der Waals surface area contributed by atoms with Crippen molar-refractivity contribution < 1.29 is 19.5 Å². The Bertz CT molecular complexity index is 748. The number of anilines is 1. The van der Waals surface area contributed by atoms with E-state index in [1.165, 1.54) is 11.3 Å². The fourth-order valence-corrected chi connectivity index (χ4v) is 4.11. The molecule has 1 heterocycles. The molecule has 0 bridgehead atoms. The molecule has 1 aliphatic rings. The highest BCUT2D eigenvalue weighted by atomic mass is 32.1. The van der Waals surface area contributed by atoms with E-state index in [1.54, 1.807) is 6.92 Å². The molecule has 0 aliphatic heterocycles. The minimum Gasteiger partial charge on any atom is -0.481 e. The van der Waals surface area contributed by atoms with Crippen LogP contribution in [0.25, 0.3) is 0 Å². The topological polar surface area (TPSA) is 109 Å². The summed E-state index contributed by atoms with van der Waals surface area (Å²) in [6.07, 6.45) is 0.772. The number of hydrogen-bond donors (Lipinski definition) is 3. The van der Waals surface area contributed by atoms with Gasteiger partial charge in [0.2, 0.25) is 5.91 Å². The van der Waals surface area contributed by atoms with Gasteiger partial charge in [-0.1, -0.05) is 11.1 Å². The van der Waals surface area contributed by atoms with Crippen molar-refractivity contribution in [3.05, 3.63) is 27.2 Å². The zero-order valence-electron chi connectivity index (χ0n) is 14.2. The average molecular weight is 350 g/mol. The molecule has 4 N–H and O–H groups in total. The van der Waals surface area contributed by atoms with Gasteiger partial charge in [-0.05, 0) is 46.1 Å². The van der Waals surface area contributed by atoms with E-state index >= 15 is 0 Å². The van der Waals surface area contributed by atoms with Crippen molar-refractivity contribution in [3.8, 4) is 0 Å². The first-order valence-corrected chi connectivity index (χ1v) is 8.53. The Morgan fingerprint density at radius 2 is 1.62 bits per heavy atom. The summed E-state index contributed by atoms with van der Waals surface area (Å²) >= 11 is 1.28. The molecular weight excluding hydrogens is 328 g/mol. The van der Waals surface area contributed by atoms with E-state index in [-0.39, 0.29) is 5.91 Å². The number of rotatable bonds is 4. The highest BCUT2D eigenvalue weighted by molar-refractivity contribution is 7.16. The number of carbonyl (C=O) groups excluding carboxylic acids is 2. The molecule has 2 atom stereocenters. The van der Waals surface area contributed by atoms with Gasteiger partial charge in [-0.15, -0.1) is 11.3 Å². The molecule has 24 heavy (non-hydrogen) atoms. The lowest BCUT2D eigenvalue weighted by Gasteiger charge is -2.29. The van der Waals surface area contributed by atoms with E-state index in [2.05, 4.69) is 5.32 Å². The summed E-state index contributed by atoms with van der Waals surface area (Å²) in [5.74, 6) is -3.37. The third-order valence-corrected chi connectivity index (χ3v) is 5.91. The van der Waals surface area contributed by atoms with Crippen LogP contribution in [-0.4, -0.2) is 22.9 Å². The van der Waals surface area contributed by atoms with Crippen molar-refractivity contribution in [1.82, 2.24) is 0 Å². The van der Waals surface area contributed by atoms with Crippen LogP contribution in [0.5, 0.6) is 0 Å². The Kier molecular flexibility index (Phi) is 5.13. The van der Waals surface area contributed by atoms with Gasteiger partial charge in [-0.2, -0.15) is 0 Å². The Morgan fingerprint density at radius 1 is 1.08 bits per heavy atom. The van der Waals surface area contributed by atoms with E-state index < -0.39 is 23.7 Å². The highest BCUT2D eigenvalue weighted by Crippen LogP contribution is 2.37. The summed E-state index contributed by atoms with van der Waals surface area (Å²) in [6, 6.07) is 0. The second kappa shape index (κ2) is 6.76. The molecule has 6 nitrogen and oxygen atoms in total. The van der Waals surface area contributed by atoms with Gasteiger partial charge in [0, 0.05) is 4.88 Å². The molecule has 7 heteroatoms. The highest BCUT2D eigenvalue weighted by Gasteiger charge is 2.37. The van der Waals surface area contributed by atoms with Crippen LogP contribution in [0.4, 0.5) is 5.00 Å². The number of nitrogens with two attached hydrogens (primary N) is 1. The van der Waals surface area contributed by atoms with Crippen LogP contribution in [0, 0.1) is 25.7 Å². The molecule has 0 saturated heterocycles. The summed E-state index contributed by atoms with van der Waals surface area (Å²) < 4.78 is 0. The number of amides is 2. The predicted octanol–water partition coefficient (Wildman–Crippen LogP) is 2.85. The van der Waals surface area contributed by atoms with Crippen LogP contribution in [0.3, 0.4) is 0 Å². The monoisotopic (exact) mass is 350 g/mol. The first-order chi connectivity index (χ1) is 11.1. The largest absolute Gasteiger partial charge is 0.481 e. The van der Waals surface area contributed by atoms with E-state index in [0.29, 0.717) is 23.4 Å². The molecule has 2 amide bonds. The maximum absolute atomic E-state index is 12.7. The number of carboxylic acid groups (broad SMARTS) is 1. The van der Waals surface area contributed by atoms with Gasteiger partial charge in [0.15, 0.2) is 0 Å². The molecule has 2 rings (SSSR count). The molecule has 1 aliphatic carbocycles. The first-order valence-electron chi connectivity index (χ1n) is 7.72. The molecule has 130 valence electrons. The Morgan fingerprint density at radius 3 is 2.12 bits per heavy atom. The van der Waals surface area contributed by atoms with Crippen LogP contribution in [0.15, 0.2) is 11.1 Å². The summed E-state index contributed by atoms with van der Waals surface area (Å²) in [5.41, 5.74) is 8.52. The lowest BCUT2D eigenvalue weighted by Crippen LogP contribution is -2.36. The molecule has 0 spiro atoms. The number of thiophene rings is 1. The number of primary amides is 1. The quantitative estimate of drug-likeness (QED) is 0.725. The average Bonchev–Trinajstić information content (AvgIpc) is 2.75. The number of hydrogen-bond acceptors (Lipinski definition) is 4. The van der Waals surface area contributed by atoms with Crippen LogP contribution in [0.2, 0.25) is 0 Å².